The van der Waals surface area contributed by atoms with Crippen molar-refractivity contribution < 1.29 is 4.74 Å². The minimum atomic E-state index is 0.647. The number of hydrogen-bond donors (Lipinski definition) is 2. The Bertz CT molecular complexity index is 575. The number of methoxy groups -OCH3 is 1. The van der Waals surface area contributed by atoms with E-state index in [0.29, 0.717) is 5.02 Å². The molecule has 1 aromatic carbocycles. The normalized spacial score (nSPS) is 10.2. The van der Waals surface area contributed by atoms with E-state index in [4.69, 9.17) is 16.3 Å². The number of nitrogens with one attached hydrogen (secondary N) is 2. The molecule has 2 aromatic rings. The van der Waals surface area contributed by atoms with E-state index in [-0.39, 0.29) is 0 Å². The zero-order valence-corrected chi connectivity index (χ0v) is 12.4. The molecule has 20 heavy (non-hydrogen) atoms. The summed E-state index contributed by atoms with van der Waals surface area (Å²) in [4.78, 5) is 4.49. The van der Waals surface area contributed by atoms with Crippen molar-refractivity contribution in [2.75, 3.05) is 24.3 Å². The van der Waals surface area contributed by atoms with Gasteiger partial charge < -0.3 is 15.4 Å². The maximum Gasteiger partial charge on any atom is 0.142 e. The number of benzene rings is 1. The van der Waals surface area contributed by atoms with Gasteiger partial charge in [-0.15, -0.1) is 0 Å². The van der Waals surface area contributed by atoms with Crippen LogP contribution in [0.2, 0.25) is 5.02 Å². The summed E-state index contributed by atoms with van der Waals surface area (Å²) in [5, 5.41) is 7.12. The van der Waals surface area contributed by atoms with Crippen LogP contribution in [0.3, 0.4) is 0 Å². The molecule has 2 N–H and O–H groups in total. The molecule has 0 spiro atoms. The smallest absolute Gasteiger partial charge is 0.142 e. The van der Waals surface area contributed by atoms with E-state index in [1.54, 1.807) is 13.2 Å². The number of halogens is 1. The average Bonchev–Trinajstić information content (AvgIpc) is 2.46. The molecule has 0 radical (unpaired) electrons. The Morgan fingerprint density at radius 3 is 2.75 bits per heavy atom. The van der Waals surface area contributed by atoms with Gasteiger partial charge >= 0.3 is 0 Å². The Labute approximate surface area is 124 Å². The summed E-state index contributed by atoms with van der Waals surface area (Å²) in [5.74, 6) is 2.31. The molecular formula is C15H18ClN3O. The van der Waals surface area contributed by atoms with Crippen LogP contribution in [-0.2, 0) is 0 Å². The van der Waals surface area contributed by atoms with Gasteiger partial charge in [0.25, 0.3) is 0 Å². The van der Waals surface area contributed by atoms with Crippen molar-refractivity contribution in [1.82, 2.24) is 4.98 Å². The first kappa shape index (κ1) is 14.5. The summed E-state index contributed by atoms with van der Waals surface area (Å²) in [6.45, 7) is 3.02. The number of hydrogen-bond acceptors (Lipinski definition) is 4. The maximum atomic E-state index is 6.01. The van der Waals surface area contributed by atoms with Gasteiger partial charge in [-0.05, 0) is 36.8 Å². The average molecular weight is 292 g/mol. The molecule has 0 unspecified atom stereocenters. The molecule has 0 fully saturated rings. The Morgan fingerprint density at radius 1 is 1.20 bits per heavy atom. The van der Waals surface area contributed by atoms with Gasteiger partial charge in [0.15, 0.2) is 0 Å². The van der Waals surface area contributed by atoms with Crippen LogP contribution < -0.4 is 15.4 Å². The van der Waals surface area contributed by atoms with Crippen LogP contribution in [0.4, 0.5) is 17.3 Å². The predicted octanol–water partition coefficient (Wildman–Crippen LogP) is 4.31. The molecule has 0 bridgehead atoms. The summed E-state index contributed by atoms with van der Waals surface area (Å²) in [5.41, 5.74) is 0.792. The molecule has 2 rings (SSSR count). The lowest BCUT2D eigenvalue weighted by atomic mass is 10.3. The lowest BCUT2D eigenvalue weighted by Gasteiger charge is -2.12. The first-order valence-corrected chi connectivity index (χ1v) is 6.92. The third kappa shape index (κ3) is 3.78. The molecule has 106 valence electrons. The number of rotatable bonds is 6. The van der Waals surface area contributed by atoms with Gasteiger partial charge in [-0.1, -0.05) is 24.6 Å². The van der Waals surface area contributed by atoms with E-state index in [1.165, 1.54) is 0 Å². The first-order valence-electron chi connectivity index (χ1n) is 6.54. The standard InChI is InChI=1S/C15H18ClN3O/c1-3-9-17-14-5-4-6-15(19-14)18-12-10-11(16)7-8-13(12)20-2/h4-8,10H,3,9H2,1-2H3,(H2,17,18,19). The van der Waals surface area contributed by atoms with Gasteiger partial charge in [-0.3, -0.25) is 0 Å². The highest BCUT2D eigenvalue weighted by molar-refractivity contribution is 6.31. The fourth-order valence-corrected chi connectivity index (χ4v) is 1.94. The molecule has 0 amide bonds. The number of nitrogens with zero attached hydrogens (tertiary/aromatic N) is 1. The minimum Gasteiger partial charge on any atom is -0.495 e. The zero-order chi connectivity index (χ0) is 14.4. The number of pyridine rings is 1. The lowest BCUT2D eigenvalue weighted by Crippen LogP contribution is -2.03. The van der Waals surface area contributed by atoms with Gasteiger partial charge in [0.05, 0.1) is 12.8 Å². The highest BCUT2D eigenvalue weighted by atomic mass is 35.5. The van der Waals surface area contributed by atoms with Crippen molar-refractivity contribution in [2.24, 2.45) is 0 Å². The molecule has 0 saturated heterocycles. The summed E-state index contributed by atoms with van der Waals surface area (Å²) in [6.07, 6.45) is 1.06. The van der Waals surface area contributed by atoms with Gasteiger partial charge in [0.2, 0.25) is 0 Å². The van der Waals surface area contributed by atoms with Crippen LogP contribution in [0.15, 0.2) is 36.4 Å². The van der Waals surface area contributed by atoms with E-state index >= 15 is 0 Å². The van der Waals surface area contributed by atoms with Crippen LogP contribution in [0.5, 0.6) is 5.75 Å². The second-order valence-electron chi connectivity index (χ2n) is 4.30. The SMILES string of the molecule is CCCNc1cccc(Nc2cc(Cl)ccc2OC)n1. The Balaban J connectivity index is 2.19. The van der Waals surface area contributed by atoms with E-state index in [9.17, 15) is 0 Å². The Hall–Kier alpha value is -1.94. The van der Waals surface area contributed by atoms with Crippen molar-refractivity contribution in [1.29, 1.82) is 0 Å². The van der Waals surface area contributed by atoms with Gasteiger partial charge in [-0.25, -0.2) is 4.98 Å². The lowest BCUT2D eigenvalue weighted by molar-refractivity contribution is 0.417. The third-order valence-electron chi connectivity index (χ3n) is 2.73. The van der Waals surface area contributed by atoms with E-state index in [1.807, 2.05) is 30.3 Å². The van der Waals surface area contributed by atoms with Gasteiger partial charge in [-0.2, -0.15) is 0 Å². The fourth-order valence-electron chi connectivity index (χ4n) is 1.77. The van der Waals surface area contributed by atoms with Crippen LogP contribution in [0, 0.1) is 0 Å². The summed E-state index contributed by atoms with van der Waals surface area (Å²) >= 11 is 6.01. The molecule has 0 atom stereocenters. The van der Waals surface area contributed by atoms with Crippen LogP contribution in [-0.4, -0.2) is 18.6 Å². The summed E-state index contributed by atoms with van der Waals surface area (Å²) in [7, 11) is 1.63. The Morgan fingerprint density at radius 2 is 2.00 bits per heavy atom. The van der Waals surface area contributed by atoms with Gasteiger partial charge in [0, 0.05) is 11.6 Å². The highest BCUT2D eigenvalue weighted by Crippen LogP contribution is 2.30. The molecule has 0 aliphatic heterocycles. The molecule has 0 aliphatic rings. The quantitative estimate of drug-likeness (QED) is 0.832. The topological polar surface area (TPSA) is 46.2 Å². The van der Waals surface area contributed by atoms with Crippen molar-refractivity contribution in [3.05, 3.63) is 41.4 Å². The maximum absolute atomic E-state index is 6.01. The second-order valence-corrected chi connectivity index (χ2v) is 4.74. The van der Waals surface area contributed by atoms with E-state index in [2.05, 4.69) is 22.5 Å². The molecule has 5 heteroatoms. The number of anilines is 3. The third-order valence-corrected chi connectivity index (χ3v) is 2.96. The number of aromatic nitrogens is 1. The van der Waals surface area contributed by atoms with Crippen molar-refractivity contribution in [3.8, 4) is 5.75 Å². The Kier molecular flexibility index (Phi) is 5.07. The van der Waals surface area contributed by atoms with Crippen molar-refractivity contribution in [2.45, 2.75) is 13.3 Å². The zero-order valence-electron chi connectivity index (χ0n) is 11.6. The van der Waals surface area contributed by atoms with Crippen molar-refractivity contribution in [3.63, 3.8) is 0 Å². The molecular weight excluding hydrogens is 274 g/mol. The molecule has 4 nitrogen and oxygen atoms in total. The predicted molar refractivity (Wildman–Crippen MR) is 84.3 cm³/mol. The number of ether oxygens (including phenoxy) is 1. The van der Waals surface area contributed by atoms with Crippen LogP contribution in [0.1, 0.15) is 13.3 Å². The van der Waals surface area contributed by atoms with E-state index < -0.39 is 0 Å². The van der Waals surface area contributed by atoms with E-state index in [0.717, 1.165) is 36.0 Å². The largest absolute Gasteiger partial charge is 0.495 e. The molecule has 0 aliphatic carbocycles. The van der Waals surface area contributed by atoms with Crippen LogP contribution >= 0.6 is 11.6 Å². The fraction of sp³-hybridized carbons (Fsp3) is 0.267. The second kappa shape index (κ2) is 7.01. The highest BCUT2D eigenvalue weighted by Gasteiger charge is 2.05. The monoisotopic (exact) mass is 291 g/mol. The minimum absolute atomic E-state index is 0.647. The first-order chi connectivity index (χ1) is 9.72. The molecule has 1 aromatic heterocycles. The van der Waals surface area contributed by atoms with Crippen LogP contribution in [0.25, 0.3) is 0 Å². The van der Waals surface area contributed by atoms with Gasteiger partial charge in [0.1, 0.15) is 17.4 Å². The molecule has 0 saturated carbocycles. The van der Waals surface area contributed by atoms with Crippen molar-refractivity contribution >= 4 is 28.9 Å². The molecule has 1 heterocycles. The summed E-state index contributed by atoms with van der Waals surface area (Å²) in [6, 6.07) is 11.2. The summed E-state index contributed by atoms with van der Waals surface area (Å²) < 4.78 is 5.30.